The zero-order chi connectivity index (χ0) is 15.9. The van der Waals surface area contributed by atoms with Crippen LogP contribution in [0.5, 0.6) is 0 Å². The van der Waals surface area contributed by atoms with Crippen LogP contribution in [0.3, 0.4) is 0 Å². The molecule has 1 rings (SSSR count). The van der Waals surface area contributed by atoms with Crippen LogP contribution in [0.25, 0.3) is 0 Å². The van der Waals surface area contributed by atoms with Crippen molar-refractivity contribution in [1.82, 2.24) is 4.90 Å². The minimum Gasteiger partial charge on any atom is -0.465 e. The number of carbonyl (C=O) groups is 1. The maximum absolute atomic E-state index is 12.6. The lowest BCUT2D eigenvalue weighted by Crippen LogP contribution is -2.29. The molecule has 0 atom stereocenters. The first-order valence-electron chi connectivity index (χ1n) is 6.47. The molecule has 3 nitrogen and oxygen atoms in total. The second kappa shape index (κ2) is 8.29. The Morgan fingerprint density at radius 2 is 2.10 bits per heavy atom. The monoisotopic (exact) mass is 321 g/mol. The van der Waals surface area contributed by atoms with Gasteiger partial charge < -0.3 is 4.74 Å². The number of esters is 1. The van der Waals surface area contributed by atoms with E-state index >= 15 is 0 Å². The van der Waals surface area contributed by atoms with E-state index in [1.54, 1.807) is 24.9 Å². The molecule has 21 heavy (non-hydrogen) atoms. The van der Waals surface area contributed by atoms with Gasteiger partial charge in [0, 0.05) is 17.2 Å². The first-order valence-corrected chi connectivity index (χ1v) is 7.45. The Bertz CT molecular complexity index is 466. The molecule has 0 aliphatic rings. The van der Waals surface area contributed by atoms with Crippen LogP contribution in [0.1, 0.15) is 12.5 Å². The molecule has 0 saturated carbocycles. The van der Waals surface area contributed by atoms with E-state index in [0.717, 1.165) is 12.1 Å². The summed E-state index contributed by atoms with van der Waals surface area (Å²) >= 11 is 1.33. The van der Waals surface area contributed by atoms with E-state index in [2.05, 4.69) is 0 Å². The highest BCUT2D eigenvalue weighted by Crippen LogP contribution is 2.31. The number of ether oxygens (including phenoxy) is 1. The molecule has 0 unspecified atom stereocenters. The van der Waals surface area contributed by atoms with Crippen molar-refractivity contribution in [3.63, 3.8) is 0 Å². The van der Waals surface area contributed by atoms with Gasteiger partial charge in [0.2, 0.25) is 0 Å². The first kappa shape index (κ1) is 17.8. The number of carbonyl (C=O) groups excluding carboxylic acids is 1. The molecule has 0 radical (unpaired) electrons. The number of nitrogens with zero attached hydrogens (tertiary/aromatic N) is 1. The highest BCUT2D eigenvalue weighted by Gasteiger charge is 2.30. The molecule has 0 amide bonds. The quantitative estimate of drug-likeness (QED) is 0.569. The Kier molecular flexibility index (Phi) is 7.04. The topological polar surface area (TPSA) is 29.5 Å². The Morgan fingerprint density at radius 3 is 2.71 bits per heavy atom. The van der Waals surface area contributed by atoms with Crippen molar-refractivity contribution in [3.8, 4) is 0 Å². The molecule has 118 valence electrons. The number of rotatable bonds is 7. The molecule has 7 heteroatoms. The van der Waals surface area contributed by atoms with Gasteiger partial charge in [-0.15, -0.1) is 11.8 Å². The fourth-order valence-electron chi connectivity index (χ4n) is 1.59. The van der Waals surface area contributed by atoms with Gasteiger partial charge in [-0.2, -0.15) is 13.2 Å². The molecule has 0 spiro atoms. The average molecular weight is 321 g/mol. The Labute approximate surface area is 126 Å². The summed E-state index contributed by atoms with van der Waals surface area (Å²) in [7, 11) is 1.77. The molecule has 0 bridgehead atoms. The Hall–Kier alpha value is -1.21. The molecule has 0 fully saturated rings. The van der Waals surface area contributed by atoms with Gasteiger partial charge in [0.15, 0.2) is 0 Å². The molecular formula is C14H18F3NO2S. The highest BCUT2D eigenvalue weighted by atomic mass is 32.2. The number of benzene rings is 1. The minimum atomic E-state index is -4.32. The molecule has 0 heterocycles. The van der Waals surface area contributed by atoms with Crippen LogP contribution in [0.2, 0.25) is 0 Å². The van der Waals surface area contributed by atoms with Crippen LogP contribution in [0.4, 0.5) is 13.2 Å². The molecular weight excluding hydrogens is 303 g/mol. The van der Waals surface area contributed by atoms with Gasteiger partial charge >= 0.3 is 12.1 Å². The van der Waals surface area contributed by atoms with Crippen LogP contribution < -0.4 is 0 Å². The summed E-state index contributed by atoms with van der Waals surface area (Å²) in [6.07, 6.45) is -4.32. The van der Waals surface area contributed by atoms with Gasteiger partial charge in [0.25, 0.3) is 0 Å². The summed E-state index contributed by atoms with van der Waals surface area (Å²) in [4.78, 5) is 13.6. The van der Waals surface area contributed by atoms with Gasteiger partial charge in [-0.25, -0.2) is 0 Å². The van der Waals surface area contributed by atoms with E-state index in [9.17, 15) is 18.0 Å². The molecule has 0 saturated heterocycles. The molecule has 1 aromatic rings. The normalized spacial score (nSPS) is 11.7. The number of hydrogen-bond donors (Lipinski definition) is 0. The molecule has 0 aromatic heterocycles. The molecule has 0 aliphatic heterocycles. The average Bonchev–Trinajstić information content (AvgIpc) is 2.38. The lowest BCUT2D eigenvalue weighted by Gasteiger charge is -2.15. The van der Waals surface area contributed by atoms with Gasteiger partial charge in [-0.05, 0) is 32.2 Å². The number of hydrogen-bond acceptors (Lipinski definition) is 4. The van der Waals surface area contributed by atoms with E-state index < -0.39 is 11.7 Å². The Balaban J connectivity index is 2.40. The molecule has 1 aromatic carbocycles. The smallest absolute Gasteiger partial charge is 0.416 e. The zero-order valence-electron chi connectivity index (χ0n) is 11.9. The van der Waals surface area contributed by atoms with Crippen LogP contribution >= 0.6 is 11.8 Å². The summed E-state index contributed by atoms with van der Waals surface area (Å²) in [5.74, 6) is 0.293. The van der Waals surface area contributed by atoms with Crippen molar-refractivity contribution in [2.45, 2.75) is 18.0 Å². The molecule has 0 N–H and O–H groups in total. The van der Waals surface area contributed by atoms with Crippen molar-refractivity contribution < 1.29 is 22.7 Å². The van der Waals surface area contributed by atoms with E-state index in [1.807, 2.05) is 0 Å². The highest BCUT2D eigenvalue weighted by molar-refractivity contribution is 7.99. The second-order valence-electron chi connectivity index (χ2n) is 4.42. The fraction of sp³-hybridized carbons (Fsp3) is 0.500. The third kappa shape index (κ3) is 6.86. The number of alkyl halides is 3. The van der Waals surface area contributed by atoms with Gasteiger partial charge in [-0.1, -0.05) is 6.07 Å². The van der Waals surface area contributed by atoms with Crippen molar-refractivity contribution in [2.75, 3.05) is 32.5 Å². The summed E-state index contributed by atoms with van der Waals surface area (Å²) in [6.45, 7) is 2.84. The van der Waals surface area contributed by atoms with Crippen molar-refractivity contribution in [3.05, 3.63) is 29.8 Å². The zero-order valence-corrected chi connectivity index (χ0v) is 12.8. The predicted octanol–water partition coefficient (Wildman–Crippen LogP) is 3.29. The maximum Gasteiger partial charge on any atom is 0.416 e. The summed E-state index contributed by atoms with van der Waals surface area (Å²) < 4.78 is 42.5. The summed E-state index contributed by atoms with van der Waals surface area (Å²) in [5.41, 5.74) is -0.646. The lowest BCUT2D eigenvalue weighted by atomic mass is 10.2. The largest absolute Gasteiger partial charge is 0.465 e. The van der Waals surface area contributed by atoms with Crippen LogP contribution in [-0.4, -0.2) is 43.4 Å². The number of thioether (sulfide) groups is 1. The van der Waals surface area contributed by atoms with Crippen molar-refractivity contribution >= 4 is 17.7 Å². The third-order valence-electron chi connectivity index (χ3n) is 2.61. The standard InChI is InChI=1S/C14H18F3NO2S/c1-3-20-13(19)10-18(2)7-8-21-12-6-4-5-11(9-12)14(15,16)17/h4-6,9H,3,7-8,10H2,1-2H3. The summed E-state index contributed by atoms with van der Waals surface area (Å²) in [6, 6.07) is 5.23. The number of halogens is 3. The fourth-order valence-corrected chi connectivity index (χ4v) is 2.61. The second-order valence-corrected chi connectivity index (χ2v) is 5.59. The van der Waals surface area contributed by atoms with Crippen LogP contribution in [-0.2, 0) is 15.7 Å². The number of likely N-dealkylation sites (N-methyl/N-ethyl adjacent to an activating group) is 1. The molecule has 0 aliphatic carbocycles. The van der Waals surface area contributed by atoms with Crippen LogP contribution in [0.15, 0.2) is 29.2 Å². The van der Waals surface area contributed by atoms with E-state index in [-0.39, 0.29) is 12.5 Å². The van der Waals surface area contributed by atoms with E-state index in [1.165, 1.54) is 17.8 Å². The van der Waals surface area contributed by atoms with Crippen molar-refractivity contribution in [2.24, 2.45) is 0 Å². The minimum absolute atomic E-state index is 0.178. The lowest BCUT2D eigenvalue weighted by molar-refractivity contribution is -0.144. The SMILES string of the molecule is CCOC(=O)CN(C)CCSc1cccc(C(F)(F)F)c1. The van der Waals surface area contributed by atoms with E-state index in [0.29, 0.717) is 23.8 Å². The summed E-state index contributed by atoms with van der Waals surface area (Å²) in [5, 5.41) is 0. The van der Waals surface area contributed by atoms with Crippen molar-refractivity contribution in [1.29, 1.82) is 0 Å². The predicted molar refractivity (Wildman–Crippen MR) is 76.3 cm³/mol. The first-order chi connectivity index (χ1) is 9.82. The maximum atomic E-state index is 12.6. The van der Waals surface area contributed by atoms with Gasteiger partial charge in [0.1, 0.15) is 0 Å². The third-order valence-corrected chi connectivity index (χ3v) is 3.58. The Morgan fingerprint density at radius 1 is 1.38 bits per heavy atom. The van der Waals surface area contributed by atoms with Gasteiger partial charge in [-0.3, -0.25) is 9.69 Å². The van der Waals surface area contributed by atoms with Crippen LogP contribution in [0, 0.1) is 0 Å². The van der Waals surface area contributed by atoms with Gasteiger partial charge in [0.05, 0.1) is 18.7 Å². The van der Waals surface area contributed by atoms with E-state index in [4.69, 9.17) is 4.74 Å².